The van der Waals surface area contributed by atoms with Crippen LogP contribution in [-0.4, -0.2) is 14.3 Å². The minimum Gasteiger partial charge on any atom is -0.274 e. The maximum absolute atomic E-state index is 12.0. The Kier molecular flexibility index (Phi) is 5.08. The molecule has 0 aliphatic heterocycles. The number of hydrogen-bond acceptors (Lipinski definition) is 3. The van der Waals surface area contributed by atoms with Crippen molar-refractivity contribution in [2.75, 3.05) is 0 Å². The fourth-order valence-corrected chi connectivity index (χ4v) is 2.52. The van der Waals surface area contributed by atoms with Crippen molar-refractivity contribution in [2.24, 2.45) is 0 Å². The second-order valence-corrected chi connectivity index (χ2v) is 6.33. The van der Waals surface area contributed by atoms with Gasteiger partial charge >= 0.3 is 0 Å². The average Bonchev–Trinajstić information content (AvgIpc) is 2.52. The molecule has 22 heavy (non-hydrogen) atoms. The number of benzene rings is 2. The zero-order valence-electron chi connectivity index (χ0n) is 12.0. The van der Waals surface area contributed by atoms with Crippen LogP contribution in [-0.2, 0) is 14.8 Å². The summed E-state index contributed by atoms with van der Waals surface area (Å²) < 4.78 is 23.9. The fourth-order valence-electron chi connectivity index (χ4n) is 1.67. The summed E-state index contributed by atoms with van der Waals surface area (Å²) in [4.78, 5) is 13.8. The molecule has 0 radical (unpaired) electrons. The smallest absolute Gasteiger partial charge is 0.258 e. The van der Waals surface area contributed by atoms with E-state index in [-0.39, 0.29) is 4.90 Å². The first kappa shape index (κ1) is 15.9. The Morgan fingerprint density at radius 3 is 2.27 bits per heavy atom. The predicted molar refractivity (Wildman–Crippen MR) is 85.1 cm³/mol. The zero-order chi connectivity index (χ0) is 16.0. The lowest BCUT2D eigenvalue weighted by Crippen LogP contribution is -2.40. The Balaban J connectivity index is 1.95. The Morgan fingerprint density at radius 2 is 1.64 bits per heavy atom. The molecule has 2 rings (SSSR count). The Bertz CT molecular complexity index is 767. The molecule has 0 heterocycles. The molecule has 0 aliphatic rings. The van der Waals surface area contributed by atoms with Crippen LogP contribution in [0, 0.1) is 6.92 Å². The molecule has 0 saturated carbocycles. The normalized spacial score (nSPS) is 11.5. The van der Waals surface area contributed by atoms with E-state index in [9.17, 15) is 13.2 Å². The van der Waals surface area contributed by atoms with Crippen LogP contribution in [0.1, 0.15) is 11.1 Å². The highest BCUT2D eigenvalue weighted by molar-refractivity contribution is 7.89. The first-order valence-electron chi connectivity index (χ1n) is 6.59. The second kappa shape index (κ2) is 7.02. The summed E-state index contributed by atoms with van der Waals surface area (Å²) in [7, 11) is -3.77. The number of hydrazine groups is 1. The number of aryl methyl sites for hydroxylation is 1. The Hall–Kier alpha value is -2.44. The molecule has 6 heteroatoms. The van der Waals surface area contributed by atoms with E-state index in [1.807, 2.05) is 37.3 Å². The van der Waals surface area contributed by atoms with Crippen molar-refractivity contribution >= 4 is 22.0 Å². The standard InChI is InChI=1S/C16H16N2O3S/c1-13-7-10-15(11-8-13)22(20,21)18-17-16(19)12-9-14-5-3-2-4-6-14/h2-12,18H,1H3,(H,17,19)/b12-9+. The zero-order valence-corrected chi connectivity index (χ0v) is 12.8. The SMILES string of the molecule is Cc1ccc(S(=O)(=O)NNC(=O)/C=C/c2ccccc2)cc1. The van der Waals surface area contributed by atoms with Gasteiger partial charge in [0.25, 0.3) is 15.9 Å². The number of carbonyl (C=O) groups excluding carboxylic acids is 1. The van der Waals surface area contributed by atoms with Crippen LogP contribution in [0.2, 0.25) is 0 Å². The highest BCUT2D eigenvalue weighted by Crippen LogP contribution is 2.09. The van der Waals surface area contributed by atoms with Crippen LogP contribution in [0.5, 0.6) is 0 Å². The molecule has 114 valence electrons. The summed E-state index contributed by atoms with van der Waals surface area (Å²) in [6.45, 7) is 1.86. The molecule has 5 nitrogen and oxygen atoms in total. The maximum atomic E-state index is 12.0. The van der Waals surface area contributed by atoms with Crippen molar-refractivity contribution in [1.29, 1.82) is 0 Å². The van der Waals surface area contributed by atoms with E-state index in [1.54, 1.807) is 18.2 Å². The molecular weight excluding hydrogens is 300 g/mol. The highest BCUT2D eigenvalue weighted by Gasteiger charge is 2.13. The third-order valence-corrected chi connectivity index (χ3v) is 4.13. The molecule has 0 aliphatic carbocycles. The quantitative estimate of drug-likeness (QED) is 0.654. The predicted octanol–water partition coefficient (Wildman–Crippen LogP) is 2.02. The number of rotatable bonds is 5. The van der Waals surface area contributed by atoms with E-state index in [1.165, 1.54) is 18.2 Å². The van der Waals surface area contributed by atoms with Crippen LogP contribution in [0.3, 0.4) is 0 Å². The van der Waals surface area contributed by atoms with Crippen molar-refractivity contribution in [1.82, 2.24) is 10.3 Å². The highest BCUT2D eigenvalue weighted by atomic mass is 32.2. The van der Waals surface area contributed by atoms with Gasteiger partial charge in [0.15, 0.2) is 0 Å². The van der Waals surface area contributed by atoms with Crippen molar-refractivity contribution in [3.8, 4) is 0 Å². The monoisotopic (exact) mass is 316 g/mol. The Morgan fingerprint density at radius 1 is 1.00 bits per heavy atom. The first-order chi connectivity index (χ1) is 10.5. The van der Waals surface area contributed by atoms with Gasteiger partial charge < -0.3 is 0 Å². The van der Waals surface area contributed by atoms with E-state index in [4.69, 9.17) is 0 Å². The lowest BCUT2D eigenvalue weighted by atomic mass is 10.2. The maximum Gasteiger partial charge on any atom is 0.258 e. The number of amides is 1. The van der Waals surface area contributed by atoms with Crippen molar-refractivity contribution in [3.63, 3.8) is 0 Å². The lowest BCUT2D eigenvalue weighted by molar-refractivity contribution is -0.116. The van der Waals surface area contributed by atoms with E-state index in [0.717, 1.165) is 11.1 Å². The molecular formula is C16H16N2O3S. The number of hydrogen-bond donors (Lipinski definition) is 2. The molecule has 2 aromatic carbocycles. The molecule has 1 amide bonds. The summed E-state index contributed by atoms with van der Waals surface area (Å²) in [5, 5.41) is 0. The summed E-state index contributed by atoms with van der Waals surface area (Å²) >= 11 is 0. The van der Waals surface area contributed by atoms with Crippen molar-refractivity contribution < 1.29 is 13.2 Å². The summed E-state index contributed by atoms with van der Waals surface area (Å²) in [6, 6.07) is 15.5. The van der Waals surface area contributed by atoms with E-state index in [0.29, 0.717) is 0 Å². The van der Waals surface area contributed by atoms with Crippen LogP contribution >= 0.6 is 0 Å². The molecule has 0 saturated heterocycles. The largest absolute Gasteiger partial charge is 0.274 e. The van der Waals surface area contributed by atoms with Crippen molar-refractivity contribution in [3.05, 3.63) is 71.8 Å². The molecule has 0 atom stereocenters. The van der Waals surface area contributed by atoms with Gasteiger partial charge in [0.1, 0.15) is 0 Å². The van der Waals surface area contributed by atoms with Gasteiger partial charge in [-0.3, -0.25) is 10.2 Å². The van der Waals surface area contributed by atoms with Gasteiger partial charge in [0, 0.05) is 6.08 Å². The number of sulfonamides is 1. The molecule has 2 N–H and O–H groups in total. The van der Waals surface area contributed by atoms with Crippen LogP contribution in [0.25, 0.3) is 6.08 Å². The van der Waals surface area contributed by atoms with Gasteiger partial charge in [-0.05, 0) is 30.7 Å². The molecule has 2 aromatic rings. The third-order valence-electron chi connectivity index (χ3n) is 2.87. The summed E-state index contributed by atoms with van der Waals surface area (Å²) in [5.74, 6) is -0.556. The van der Waals surface area contributed by atoms with Gasteiger partial charge in [0.2, 0.25) is 0 Å². The van der Waals surface area contributed by atoms with Gasteiger partial charge in [-0.25, -0.2) is 8.42 Å². The molecule has 0 bridgehead atoms. The van der Waals surface area contributed by atoms with E-state index >= 15 is 0 Å². The van der Waals surface area contributed by atoms with E-state index < -0.39 is 15.9 Å². The first-order valence-corrected chi connectivity index (χ1v) is 8.07. The molecule has 0 fully saturated rings. The van der Waals surface area contributed by atoms with Gasteiger partial charge in [0.05, 0.1) is 4.90 Å². The fraction of sp³-hybridized carbons (Fsp3) is 0.0625. The Labute approximate surface area is 129 Å². The molecule has 0 aromatic heterocycles. The minimum absolute atomic E-state index is 0.0884. The molecule has 0 spiro atoms. The van der Waals surface area contributed by atoms with Crippen LogP contribution < -0.4 is 10.3 Å². The number of nitrogens with one attached hydrogen (secondary N) is 2. The topological polar surface area (TPSA) is 75.3 Å². The van der Waals surface area contributed by atoms with Gasteiger partial charge in [-0.1, -0.05) is 48.0 Å². The van der Waals surface area contributed by atoms with Crippen LogP contribution in [0.4, 0.5) is 0 Å². The van der Waals surface area contributed by atoms with Crippen LogP contribution in [0.15, 0.2) is 65.6 Å². The van der Waals surface area contributed by atoms with Crippen molar-refractivity contribution in [2.45, 2.75) is 11.8 Å². The lowest BCUT2D eigenvalue weighted by Gasteiger charge is -2.07. The number of carbonyl (C=O) groups is 1. The minimum atomic E-state index is -3.77. The van der Waals surface area contributed by atoms with Gasteiger partial charge in [-0.15, -0.1) is 4.83 Å². The average molecular weight is 316 g/mol. The molecule has 0 unspecified atom stereocenters. The third kappa shape index (κ3) is 4.54. The summed E-state index contributed by atoms with van der Waals surface area (Å²) in [5.41, 5.74) is 3.94. The second-order valence-electron chi connectivity index (χ2n) is 4.65. The summed E-state index contributed by atoms with van der Waals surface area (Å²) in [6.07, 6.45) is 2.85. The van der Waals surface area contributed by atoms with E-state index in [2.05, 4.69) is 10.3 Å². The van der Waals surface area contributed by atoms with Gasteiger partial charge in [-0.2, -0.15) is 0 Å².